The Labute approximate surface area is 147 Å². The normalized spacial score (nSPS) is 21.0. The van der Waals surface area contributed by atoms with Gasteiger partial charge in [0.25, 0.3) is 0 Å². The minimum absolute atomic E-state index is 0.168. The first-order chi connectivity index (χ1) is 12.2. The molecule has 1 amide bonds. The summed E-state index contributed by atoms with van der Waals surface area (Å²) in [6.45, 7) is 4.65. The van der Waals surface area contributed by atoms with E-state index in [0.29, 0.717) is 19.3 Å². The Hall–Kier alpha value is -2.50. The Morgan fingerprint density at radius 3 is 2.92 bits per heavy atom. The zero-order chi connectivity index (χ0) is 17.2. The van der Waals surface area contributed by atoms with Crippen LogP contribution in [0, 0.1) is 0 Å². The number of amides is 1. The summed E-state index contributed by atoms with van der Waals surface area (Å²) >= 11 is 0. The Bertz CT molecular complexity index is 744. The highest BCUT2D eigenvalue weighted by atomic mass is 16.6. The van der Waals surface area contributed by atoms with Crippen LogP contribution in [-0.4, -0.2) is 46.7 Å². The van der Waals surface area contributed by atoms with E-state index in [4.69, 9.17) is 9.47 Å². The molecule has 1 saturated heterocycles. The SMILES string of the molecule is CC(C(=O)N1CCCC(n2ccnc2)C1)c1ccc2c(c1)OCCO2. The number of likely N-dealkylation sites (tertiary alicyclic amines) is 1. The van der Waals surface area contributed by atoms with Crippen molar-refractivity contribution in [2.24, 2.45) is 0 Å². The van der Waals surface area contributed by atoms with E-state index in [1.54, 1.807) is 6.20 Å². The van der Waals surface area contributed by atoms with E-state index in [-0.39, 0.29) is 11.8 Å². The maximum atomic E-state index is 13.0. The van der Waals surface area contributed by atoms with Gasteiger partial charge >= 0.3 is 0 Å². The molecular weight excluding hydrogens is 318 g/mol. The van der Waals surface area contributed by atoms with Crippen molar-refractivity contribution in [3.8, 4) is 11.5 Å². The molecule has 132 valence electrons. The van der Waals surface area contributed by atoms with Crippen molar-refractivity contribution in [3.63, 3.8) is 0 Å². The van der Waals surface area contributed by atoms with Crippen LogP contribution >= 0.6 is 0 Å². The van der Waals surface area contributed by atoms with Crippen LogP contribution in [0.2, 0.25) is 0 Å². The van der Waals surface area contributed by atoms with Gasteiger partial charge in [-0.1, -0.05) is 6.07 Å². The number of nitrogens with zero attached hydrogens (tertiary/aromatic N) is 3. The van der Waals surface area contributed by atoms with Crippen molar-refractivity contribution in [3.05, 3.63) is 42.5 Å². The molecular formula is C19H23N3O3. The summed E-state index contributed by atoms with van der Waals surface area (Å²) in [5, 5.41) is 0. The Morgan fingerprint density at radius 1 is 1.28 bits per heavy atom. The monoisotopic (exact) mass is 341 g/mol. The lowest BCUT2D eigenvalue weighted by atomic mass is 9.97. The molecule has 0 aliphatic carbocycles. The molecule has 0 radical (unpaired) electrons. The second-order valence-corrected chi connectivity index (χ2v) is 6.71. The van der Waals surface area contributed by atoms with Crippen LogP contribution in [0.1, 0.15) is 37.3 Å². The average molecular weight is 341 g/mol. The molecule has 1 fully saturated rings. The summed E-state index contributed by atoms with van der Waals surface area (Å²) in [7, 11) is 0. The maximum absolute atomic E-state index is 13.0. The van der Waals surface area contributed by atoms with E-state index in [1.807, 2.05) is 42.5 Å². The molecule has 0 spiro atoms. The number of rotatable bonds is 3. The molecule has 3 heterocycles. The summed E-state index contributed by atoms with van der Waals surface area (Å²) in [5.41, 5.74) is 0.971. The summed E-state index contributed by atoms with van der Waals surface area (Å²) in [4.78, 5) is 19.1. The molecule has 4 rings (SSSR count). The van der Waals surface area contributed by atoms with E-state index in [0.717, 1.165) is 43.0 Å². The zero-order valence-corrected chi connectivity index (χ0v) is 14.4. The number of hydrogen-bond donors (Lipinski definition) is 0. The third-order valence-electron chi connectivity index (χ3n) is 5.09. The number of ether oxygens (including phenoxy) is 2. The fourth-order valence-electron chi connectivity index (χ4n) is 3.63. The molecule has 6 nitrogen and oxygen atoms in total. The van der Waals surface area contributed by atoms with E-state index >= 15 is 0 Å². The number of benzene rings is 1. The van der Waals surface area contributed by atoms with Crippen molar-refractivity contribution >= 4 is 5.91 Å². The number of imidazole rings is 1. The number of hydrogen-bond acceptors (Lipinski definition) is 4. The van der Waals surface area contributed by atoms with Gasteiger partial charge in [0.15, 0.2) is 11.5 Å². The van der Waals surface area contributed by atoms with E-state index in [2.05, 4.69) is 9.55 Å². The second kappa shape index (κ2) is 6.78. The highest BCUT2D eigenvalue weighted by Crippen LogP contribution is 2.34. The first-order valence-corrected chi connectivity index (χ1v) is 8.88. The highest BCUT2D eigenvalue weighted by molar-refractivity contribution is 5.83. The molecule has 0 saturated carbocycles. The lowest BCUT2D eigenvalue weighted by Crippen LogP contribution is -2.42. The molecule has 0 bridgehead atoms. The topological polar surface area (TPSA) is 56.6 Å². The number of piperidine rings is 1. The van der Waals surface area contributed by atoms with E-state index in [1.165, 1.54) is 0 Å². The fourth-order valence-corrected chi connectivity index (χ4v) is 3.63. The number of carbonyl (C=O) groups is 1. The lowest BCUT2D eigenvalue weighted by molar-refractivity contribution is -0.134. The number of aromatic nitrogens is 2. The molecule has 0 N–H and O–H groups in total. The van der Waals surface area contributed by atoms with Gasteiger partial charge in [0, 0.05) is 25.5 Å². The van der Waals surface area contributed by atoms with Crippen LogP contribution in [0.25, 0.3) is 0 Å². The largest absolute Gasteiger partial charge is 0.486 e. The highest BCUT2D eigenvalue weighted by Gasteiger charge is 2.28. The summed E-state index contributed by atoms with van der Waals surface area (Å²) in [6.07, 6.45) is 7.70. The third kappa shape index (κ3) is 3.21. The van der Waals surface area contributed by atoms with Gasteiger partial charge < -0.3 is 18.9 Å². The van der Waals surface area contributed by atoms with Crippen LogP contribution in [0.15, 0.2) is 36.9 Å². The third-order valence-corrected chi connectivity index (χ3v) is 5.09. The smallest absolute Gasteiger partial charge is 0.229 e. The van der Waals surface area contributed by atoms with Crippen LogP contribution in [-0.2, 0) is 4.79 Å². The molecule has 2 aliphatic heterocycles. The molecule has 6 heteroatoms. The number of carbonyl (C=O) groups excluding carboxylic acids is 1. The van der Waals surface area contributed by atoms with Gasteiger partial charge in [-0.25, -0.2) is 4.98 Å². The van der Waals surface area contributed by atoms with Crippen LogP contribution in [0.4, 0.5) is 0 Å². The Morgan fingerprint density at radius 2 is 2.12 bits per heavy atom. The minimum Gasteiger partial charge on any atom is -0.486 e. The zero-order valence-electron chi connectivity index (χ0n) is 14.4. The molecule has 1 aromatic carbocycles. The second-order valence-electron chi connectivity index (χ2n) is 6.71. The van der Waals surface area contributed by atoms with Crippen molar-refractivity contribution in [1.82, 2.24) is 14.5 Å². The van der Waals surface area contributed by atoms with Crippen LogP contribution < -0.4 is 9.47 Å². The molecule has 2 aliphatic rings. The predicted molar refractivity (Wildman–Crippen MR) is 92.9 cm³/mol. The first kappa shape index (κ1) is 16.0. The van der Waals surface area contributed by atoms with Gasteiger partial charge in [-0.05, 0) is 37.5 Å². The predicted octanol–water partition coefficient (Wildman–Crippen LogP) is 2.62. The minimum atomic E-state index is -0.197. The molecule has 25 heavy (non-hydrogen) atoms. The van der Waals surface area contributed by atoms with Crippen LogP contribution in [0.3, 0.4) is 0 Å². The maximum Gasteiger partial charge on any atom is 0.229 e. The van der Waals surface area contributed by atoms with Gasteiger partial charge in [0.05, 0.1) is 18.3 Å². The van der Waals surface area contributed by atoms with E-state index in [9.17, 15) is 4.79 Å². The van der Waals surface area contributed by atoms with Crippen molar-refractivity contribution in [2.45, 2.75) is 31.7 Å². The number of fused-ring (bicyclic) bond motifs is 1. The van der Waals surface area contributed by atoms with Gasteiger partial charge in [-0.15, -0.1) is 0 Å². The fraction of sp³-hybridized carbons (Fsp3) is 0.474. The van der Waals surface area contributed by atoms with Gasteiger partial charge in [-0.2, -0.15) is 0 Å². The quantitative estimate of drug-likeness (QED) is 0.861. The summed E-state index contributed by atoms with van der Waals surface area (Å²) in [6, 6.07) is 6.12. The van der Waals surface area contributed by atoms with Crippen LogP contribution in [0.5, 0.6) is 11.5 Å². The Kier molecular flexibility index (Phi) is 4.34. The van der Waals surface area contributed by atoms with Gasteiger partial charge in [0.2, 0.25) is 5.91 Å². The molecule has 2 aromatic rings. The van der Waals surface area contributed by atoms with Crippen molar-refractivity contribution in [2.75, 3.05) is 26.3 Å². The molecule has 2 unspecified atom stereocenters. The lowest BCUT2D eigenvalue weighted by Gasteiger charge is -2.35. The van der Waals surface area contributed by atoms with Gasteiger partial charge in [-0.3, -0.25) is 4.79 Å². The standard InChI is InChI=1S/C19H23N3O3/c1-14(15-4-5-17-18(11-15)25-10-9-24-17)19(23)21-7-2-3-16(12-21)22-8-6-20-13-22/h4-6,8,11,13-14,16H,2-3,7,9-10,12H2,1H3. The summed E-state index contributed by atoms with van der Waals surface area (Å²) < 4.78 is 13.3. The molecule has 2 atom stereocenters. The van der Waals surface area contributed by atoms with Crippen molar-refractivity contribution in [1.29, 1.82) is 0 Å². The van der Waals surface area contributed by atoms with Crippen molar-refractivity contribution < 1.29 is 14.3 Å². The molecule has 1 aromatic heterocycles. The van der Waals surface area contributed by atoms with Gasteiger partial charge in [0.1, 0.15) is 13.2 Å². The van der Waals surface area contributed by atoms with E-state index < -0.39 is 0 Å². The average Bonchev–Trinajstić information content (AvgIpc) is 3.21. The summed E-state index contributed by atoms with van der Waals surface area (Å²) in [5.74, 6) is 1.46. The first-order valence-electron chi connectivity index (χ1n) is 8.88. The Balaban J connectivity index is 1.48.